The molecule has 0 aliphatic carbocycles. The molecule has 2 unspecified atom stereocenters. The molecule has 6 heteroatoms. The van der Waals surface area contributed by atoms with E-state index in [9.17, 15) is 0 Å². The summed E-state index contributed by atoms with van der Waals surface area (Å²) >= 11 is 0. The Morgan fingerprint density at radius 3 is 2.68 bits per heavy atom. The second kappa shape index (κ2) is 12.0. The smallest absolute Gasteiger partial charge is 0.188 e. The number of likely N-dealkylation sites (N-methyl/N-ethyl adjacent to an activating group) is 1. The largest absolute Gasteiger partial charge is 0.370 e. The average molecular weight is 499 g/mol. The molecule has 2 heterocycles. The molecule has 0 spiro atoms. The van der Waals surface area contributed by atoms with Gasteiger partial charge >= 0.3 is 0 Å². The number of piperidine rings is 1. The minimum absolute atomic E-state index is 0. The molecule has 0 saturated carbocycles. The lowest BCUT2D eigenvalue weighted by molar-refractivity contribution is 0.176. The summed E-state index contributed by atoms with van der Waals surface area (Å²) in [5.74, 6) is 1.38. The van der Waals surface area contributed by atoms with Gasteiger partial charge in [-0.05, 0) is 62.4 Å². The van der Waals surface area contributed by atoms with Gasteiger partial charge in [-0.25, -0.2) is 4.99 Å². The van der Waals surface area contributed by atoms with Crippen LogP contribution in [0.3, 0.4) is 0 Å². The highest BCUT2D eigenvalue weighted by Gasteiger charge is 2.22. The zero-order chi connectivity index (χ0) is 19.1. The van der Waals surface area contributed by atoms with Gasteiger partial charge in [-0.3, -0.25) is 9.80 Å². The SMILES string of the molecule is CCN1CCCC1CNC(N)=NCc1ccccc1CN1CCCC(C)C1.I. The van der Waals surface area contributed by atoms with E-state index in [-0.39, 0.29) is 24.0 Å². The topological polar surface area (TPSA) is 56.9 Å². The van der Waals surface area contributed by atoms with Crippen LogP contribution in [0.25, 0.3) is 0 Å². The number of guanidine groups is 1. The van der Waals surface area contributed by atoms with Crippen molar-refractivity contribution in [1.82, 2.24) is 15.1 Å². The van der Waals surface area contributed by atoms with Crippen LogP contribution in [0.4, 0.5) is 0 Å². The molecule has 0 radical (unpaired) electrons. The summed E-state index contributed by atoms with van der Waals surface area (Å²) in [4.78, 5) is 9.73. The molecule has 2 atom stereocenters. The molecule has 1 aromatic rings. The number of hydrogen-bond donors (Lipinski definition) is 2. The summed E-state index contributed by atoms with van der Waals surface area (Å²) in [6.07, 6.45) is 5.22. The highest BCUT2D eigenvalue weighted by atomic mass is 127. The van der Waals surface area contributed by atoms with E-state index < -0.39 is 0 Å². The molecule has 2 fully saturated rings. The number of rotatable bonds is 7. The zero-order valence-electron chi connectivity index (χ0n) is 17.6. The van der Waals surface area contributed by atoms with E-state index in [1.807, 2.05) is 0 Å². The first-order valence-corrected chi connectivity index (χ1v) is 10.7. The molecular formula is C22H38IN5. The van der Waals surface area contributed by atoms with Crippen molar-refractivity contribution in [3.63, 3.8) is 0 Å². The molecule has 2 saturated heterocycles. The van der Waals surface area contributed by atoms with Gasteiger partial charge in [-0.1, -0.05) is 38.1 Å². The lowest BCUT2D eigenvalue weighted by Crippen LogP contribution is -2.42. The Labute approximate surface area is 188 Å². The average Bonchev–Trinajstić information content (AvgIpc) is 3.13. The van der Waals surface area contributed by atoms with E-state index >= 15 is 0 Å². The van der Waals surface area contributed by atoms with Gasteiger partial charge in [0, 0.05) is 25.7 Å². The van der Waals surface area contributed by atoms with Crippen molar-refractivity contribution in [2.45, 2.75) is 58.7 Å². The summed E-state index contributed by atoms with van der Waals surface area (Å²) in [7, 11) is 0. The van der Waals surface area contributed by atoms with Crippen LogP contribution in [0.5, 0.6) is 0 Å². The highest BCUT2D eigenvalue weighted by molar-refractivity contribution is 14.0. The lowest BCUT2D eigenvalue weighted by Gasteiger charge is -2.31. The number of halogens is 1. The summed E-state index contributed by atoms with van der Waals surface area (Å²) in [6, 6.07) is 9.27. The molecule has 2 aliphatic rings. The van der Waals surface area contributed by atoms with Gasteiger partial charge in [0.15, 0.2) is 5.96 Å². The van der Waals surface area contributed by atoms with Crippen molar-refractivity contribution in [3.05, 3.63) is 35.4 Å². The van der Waals surface area contributed by atoms with Crippen molar-refractivity contribution < 1.29 is 0 Å². The third-order valence-corrected chi connectivity index (χ3v) is 6.10. The quantitative estimate of drug-likeness (QED) is 0.343. The van der Waals surface area contributed by atoms with Gasteiger partial charge in [-0.2, -0.15) is 0 Å². The molecule has 0 aromatic heterocycles. The Hall–Kier alpha value is -0.860. The van der Waals surface area contributed by atoms with Gasteiger partial charge in [0.1, 0.15) is 0 Å². The molecular weight excluding hydrogens is 461 g/mol. The molecule has 5 nitrogen and oxygen atoms in total. The fraction of sp³-hybridized carbons (Fsp3) is 0.682. The number of nitrogens with one attached hydrogen (secondary N) is 1. The molecule has 3 rings (SSSR count). The minimum Gasteiger partial charge on any atom is -0.370 e. The molecule has 158 valence electrons. The maximum Gasteiger partial charge on any atom is 0.188 e. The molecule has 3 N–H and O–H groups in total. The van der Waals surface area contributed by atoms with E-state index in [0.29, 0.717) is 18.5 Å². The number of benzene rings is 1. The van der Waals surface area contributed by atoms with Gasteiger partial charge in [0.25, 0.3) is 0 Å². The number of nitrogens with zero attached hydrogens (tertiary/aromatic N) is 3. The monoisotopic (exact) mass is 499 g/mol. The van der Waals surface area contributed by atoms with Gasteiger partial charge in [0.2, 0.25) is 0 Å². The van der Waals surface area contributed by atoms with Crippen LogP contribution in [0.2, 0.25) is 0 Å². The van der Waals surface area contributed by atoms with Crippen LogP contribution < -0.4 is 11.1 Å². The normalized spacial score (nSPS) is 24.1. The van der Waals surface area contributed by atoms with Crippen molar-refractivity contribution in [1.29, 1.82) is 0 Å². The van der Waals surface area contributed by atoms with E-state index in [1.54, 1.807) is 0 Å². The van der Waals surface area contributed by atoms with Crippen LogP contribution in [-0.2, 0) is 13.1 Å². The fourth-order valence-electron chi connectivity index (χ4n) is 4.53. The highest BCUT2D eigenvalue weighted by Crippen LogP contribution is 2.20. The Morgan fingerprint density at radius 2 is 1.93 bits per heavy atom. The number of nitrogens with two attached hydrogens (primary N) is 1. The zero-order valence-corrected chi connectivity index (χ0v) is 19.9. The molecule has 28 heavy (non-hydrogen) atoms. The summed E-state index contributed by atoms with van der Waals surface area (Å²) < 4.78 is 0. The fourth-order valence-corrected chi connectivity index (χ4v) is 4.53. The van der Waals surface area contributed by atoms with E-state index in [2.05, 4.69) is 58.2 Å². The minimum atomic E-state index is 0. The molecule has 0 amide bonds. The molecule has 2 aliphatic heterocycles. The van der Waals surface area contributed by atoms with Crippen molar-refractivity contribution >= 4 is 29.9 Å². The summed E-state index contributed by atoms with van der Waals surface area (Å²) in [5.41, 5.74) is 8.82. The van der Waals surface area contributed by atoms with E-state index in [1.165, 1.54) is 56.4 Å². The maximum atomic E-state index is 6.15. The Balaban J connectivity index is 0.00000280. The number of hydrogen-bond acceptors (Lipinski definition) is 3. The van der Waals surface area contributed by atoms with E-state index in [4.69, 9.17) is 5.73 Å². The van der Waals surface area contributed by atoms with Crippen molar-refractivity contribution in [3.8, 4) is 0 Å². The first-order chi connectivity index (χ1) is 13.2. The second-order valence-corrected chi connectivity index (χ2v) is 8.26. The molecule has 1 aromatic carbocycles. The third-order valence-electron chi connectivity index (χ3n) is 6.10. The van der Waals surface area contributed by atoms with Crippen LogP contribution in [-0.4, -0.2) is 54.5 Å². The molecule has 0 bridgehead atoms. The first kappa shape index (κ1) is 23.4. The van der Waals surface area contributed by atoms with Crippen molar-refractivity contribution in [2.75, 3.05) is 32.7 Å². The summed E-state index contributed by atoms with van der Waals surface area (Å²) in [6.45, 7) is 11.9. The van der Waals surface area contributed by atoms with Crippen molar-refractivity contribution in [2.24, 2.45) is 16.6 Å². The Kier molecular flexibility index (Phi) is 10.0. The van der Waals surface area contributed by atoms with Crippen LogP contribution in [0.1, 0.15) is 50.7 Å². The van der Waals surface area contributed by atoms with Crippen LogP contribution in [0.15, 0.2) is 29.3 Å². The van der Waals surface area contributed by atoms with E-state index in [0.717, 1.165) is 25.6 Å². The Morgan fingerprint density at radius 1 is 1.18 bits per heavy atom. The predicted molar refractivity (Wildman–Crippen MR) is 129 cm³/mol. The first-order valence-electron chi connectivity index (χ1n) is 10.7. The third kappa shape index (κ3) is 6.88. The lowest BCUT2D eigenvalue weighted by atomic mass is 9.99. The van der Waals surface area contributed by atoms with Gasteiger partial charge < -0.3 is 11.1 Å². The van der Waals surface area contributed by atoms with Gasteiger partial charge in [-0.15, -0.1) is 24.0 Å². The number of likely N-dealkylation sites (tertiary alicyclic amines) is 2. The Bertz CT molecular complexity index is 621. The van der Waals surface area contributed by atoms with Crippen LogP contribution >= 0.6 is 24.0 Å². The second-order valence-electron chi connectivity index (χ2n) is 8.26. The number of aliphatic imine (C=N–C) groups is 1. The summed E-state index contributed by atoms with van der Waals surface area (Å²) in [5, 5.41) is 3.34. The standard InChI is InChI=1S/C22H37N5.HI/c1-3-27-13-7-11-21(27)15-25-22(23)24-14-19-9-4-5-10-20(19)17-26-12-6-8-18(2)16-26;/h4-5,9-10,18,21H,3,6-8,11-17H2,1-2H3,(H3,23,24,25);1H. The van der Waals surface area contributed by atoms with Gasteiger partial charge in [0.05, 0.1) is 6.54 Å². The maximum absolute atomic E-state index is 6.15. The van der Waals surface area contributed by atoms with Crippen LogP contribution in [0, 0.1) is 5.92 Å². The predicted octanol–water partition coefficient (Wildman–Crippen LogP) is 3.43.